The molecule has 2 nitrogen and oxygen atoms in total. The van der Waals surface area contributed by atoms with Gasteiger partial charge in [0.05, 0.1) is 0 Å². The summed E-state index contributed by atoms with van der Waals surface area (Å²) in [6, 6.07) is 0. The minimum absolute atomic E-state index is 0.187. The molecule has 0 aromatic heterocycles. The van der Waals surface area contributed by atoms with E-state index in [2.05, 4.69) is 5.92 Å². The highest BCUT2D eigenvalue weighted by Gasteiger charge is 2.31. The van der Waals surface area contributed by atoms with Crippen LogP contribution in [-0.4, -0.2) is 11.3 Å². The number of Topliss-reactive ketones (excluding diaryl/α,β-unsaturated/α-hetero) is 1. The Morgan fingerprint density at radius 1 is 1.43 bits per heavy atom. The quantitative estimate of drug-likeness (QED) is 0.536. The number of carbonyl (C=O) groups is 1. The lowest BCUT2D eigenvalue weighted by molar-refractivity contribution is -0.120. The van der Waals surface area contributed by atoms with E-state index in [1.54, 1.807) is 0 Å². The fourth-order valence-corrected chi connectivity index (χ4v) is 2.12. The van der Waals surface area contributed by atoms with Gasteiger partial charge in [-0.15, -0.1) is 12.3 Å². The van der Waals surface area contributed by atoms with Gasteiger partial charge in [0, 0.05) is 24.8 Å². The third-order valence-electron chi connectivity index (χ3n) is 2.93. The van der Waals surface area contributed by atoms with Gasteiger partial charge in [0.25, 0.3) is 0 Å². The number of unbranched alkanes of at least 4 members (excludes halogenated alkanes) is 1. The van der Waals surface area contributed by atoms with Crippen molar-refractivity contribution in [2.45, 2.75) is 56.9 Å². The standard InChI is InChI=1S/C12H19NO/c1-2-3-4-7-11(14)10-12(13)8-5-6-9-12/h1H,3-10,13H2. The molecule has 78 valence electrons. The van der Waals surface area contributed by atoms with Gasteiger partial charge in [0.1, 0.15) is 5.78 Å². The normalized spacial score (nSPS) is 19.1. The molecule has 2 N–H and O–H groups in total. The molecule has 14 heavy (non-hydrogen) atoms. The van der Waals surface area contributed by atoms with Crippen LogP contribution in [0.15, 0.2) is 0 Å². The number of rotatable bonds is 5. The molecule has 0 amide bonds. The van der Waals surface area contributed by atoms with Crippen LogP contribution >= 0.6 is 0 Å². The maximum absolute atomic E-state index is 11.5. The second kappa shape index (κ2) is 5.17. The largest absolute Gasteiger partial charge is 0.325 e. The van der Waals surface area contributed by atoms with Crippen molar-refractivity contribution >= 4 is 5.78 Å². The monoisotopic (exact) mass is 193 g/mol. The number of hydrogen-bond acceptors (Lipinski definition) is 2. The highest BCUT2D eigenvalue weighted by atomic mass is 16.1. The summed E-state index contributed by atoms with van der Waals surface area (Å²) >= 11 is 0. The second-order valence-corrected chi connectivity index (χ2v) is 4.34. The Morgan fingerprint density at radius 2 is 2.07 bits per heavy atom. The first kappa shape index (κ1) is 11.3. The summed E-state index contributed by atoms with van der Waals surface area (Å²) in [5.74, 6) is 2.82. The lowest BCUT2D eigenvalue weighted by atomic mass is 9.91. The Hall–Kier alpha value is -0.810. The van der Waals surface area contributed by atoms with Crippen molar-refractivity contribution in [3.8, 4) is 12.3 Å². The van der Waals surface area contributed by atoms with Crippen LogP contribution in [0.4, 0.5) is 0 Å². The number of carbonyl (C=O) groups excluding carboxylic acids is 1. The van der Waals surface area contributed by atoms with Gasteiger partial charge in [-0.3, -0.25) is 4.79 Å². The summed E-state index contributed by atoms with van der Waals surface area (Å²) in [6.45, 7) is 0. The molecule has 0 aromatic carbocycles. The van der Waals surface area contributed by atoms with E-state index in [1.807, 2.05) is 0 Å². The summed E-state index contributed by atoms with van der Waals surface area (Å²) in [5, 5.41) is 0. The summed E-state index contributed by atoms with van der Waals surface area (Å²) < 4.78 is 0. The molecule has 0 atom stereocenters. The molecule has 0 heterocycles. The number of terminal acetylenes is 1. The molecule has 0 spiro atoms. The lowest BCUT2D eigenvalue weighted by Gasteiger charge is -2.22. The van der Waals surface area contributed by atoms with Crippen molar-refractivity contribution in [2.75, 3.05) is 0 Å². The van der Waals surface area contributed by atoms with Crippen molar-refractivity contribution in [3.63, 3.8) is 0 Å². The minimum atomic E-state index is -0.187. The molecule has 1 fully saturated rings. The number of nitrogens with two attached hydrogens (primary N) is 1. The van der Waals surface area contributed by atoms with E-state index < -0.39 is 0 Å². The number of ketones is 1. The molecular weight excluding hydrogens is 174 g/mol. The van der Waals surface area contributed by atoms with E-state index >= 15 is 0 Å². The Kier molecular flexibility index (Phi) is 4.16. The van der Waals surface area contributed by atoms with E-state index in [-0.39, 0.29) is 11.3 Å². The SMILES string of the molecule is C#CCCCC(=O)CC1(N)CCCC1. The van der Waals surface area contributed by atoms with Gasteiger partial charge in [-0.1, -0.05) is 12.8 Å². The van der Waals surface area contributed by atoms with Crippen LogP contribution in [0.3, 0.4) is 0 Å². The molecule has 2 heteroatoms. The van der Waals surface area contributed by atoms with Crippen LogP contribution in [0.2, 0.25) is 0 Å². The molecule has 0 unspecified atom stereocenters. The van der Waals surface area contributed by atoms with Crippen molar-refractivity contribution in [1.29, 1.82) is 0 Å². The molecule has 1 rings (SSSR count). The Labute approximate surface area is 86.2 Å². The predicted molar refractivity (Wildman–Crippen MR) is 57.7 cm³/mol. The summed E-state index contributed by atoms with van der Waals surface area (Å²) in [7, 11) is 0. The predicted octanol–water partition coefficient (Wildman–Crippen LogP) is 2.02. The van der Waals surface area contributed by atoms with Crippen LogP contribution in [0.25, 0.3) is 0 Å². The molecule has 0 saturated heterocycles. The van der Waals surface area contributed by atoms with Gasteiger partial charge < -0.3 is 5.73 Å². The molecule has 0 bridgehead atoms. The molecule has 0 aromatic rings. The fourth-order valence-electron chi connectivity index (χ4n) is 2.12. The zero-order valence-electron chi connectivity index (χ0n) is 8.72. The van der Waals surface area contributed by atoms with Crippen LogP contribution in [-0.2, 0) is 4.79 Å². The van der Waals surface area contributed by atoms with Gasteiger partial charge in [0.2, 0.25) is 0 Å². The third kappa shape index (κ3) is 3.51. The first-order valence-corrected chi connectivity index (χ1v) is 5.40. The van der Waals surface area contributed by atoms with E-state index in [9.17, 15) is 4.79 Å². The minimum Gasteiger partial charge on any atom is -0.325 e. The van der Waals surface area contributed by atoms with Gasteiger partial charge in [-0.2, -0.15) is 0 Å². The second-order valence-electron chi connectivity index (χ2n) is 4.34. The molecule has 1 aliphatic rings. The lowest BCUT2D eigenvalue weighted by Crippen LogP contribution is -2.38. The summed E-state index contributed by atoms with van der Waals surface area (Å²) in [6.07, 6.45) is 12.1. The molecule has 0 radical (unpaired) electrons. The molecule has 1 aliphatic carbocycles. The van der Waals surface area contributed by atoms with Gasteiger partial charge in [-0.25, -0.2) is 0 Å². The maximum Gasteiger partial charge on any atom is 0.134 e. The van der Waals surface area contributed by atoms with Crippen molar-refractivity contribution in [2.24, 2.45) is 5.73 Å². The summed E-state index contributed by atoms with van der Waals surface area (Å²) in [4.78, 5) is 11.5. The van der Waals surface area contributed by atoms with Crippen LogP contribution in [0, 0.1) is 12.3 Å². The van der Waals surface area contributed by atoms with Crippen LogP contribution < -0.4 is 5.73 Å². The highest BCUT2D eigenvalue weighted by Crippen LogP contribution is 2.30. The van der Waals surface area contributed by atoms with Gasteiger partial charge in [0.15, 0.2) is 0 Å². The Balaban J connectivity index is 2.23. The average molecular weight is 193 g/mol. The van der Waals surface area contributed by atoms with Gasteiger partial charge in [-0.05, 0) is 19.3 Å². The van der Waals surface area contributed by atoms with Crippen LogP contribution in [0.5, 0.6) is 0 Å². The molecule has 0 aliphatic heterocycles. The zero-order valence-corrected chi connectivity index (χ0v) is 8.72. The van der Waals surface area contributed by atoms with E-state index in [0.717, 1.165) is 19.3 Å². The van der Waals surface area contributed by atoms with E-state index in [4.69, 9.17) is 12.2 Å². The highest BCUT2D eigenvalue weighted by molar-refractivity contribution is 5.79. The third-order valence-corrected chi connectivity index (χ3v) is 2.93. The summed E-state index contributed by atoms with van der Waals surface area (Å²) in [5.41, 5.74) is 5.92. The Bertz CT molecular complexity index is 233. The number of hydrogen-bond donors (Lipinski definition) is 1. The molecule has 1 saturated carbocycles. The van der Waals surface area contributed by atoms with Crippen LogP contribution in [0.1, 0.15) is 51.4 Å². The maximum atomic E-state index is 11.5. The van der Waals surface area contributed by atoms with Gasteiger partial charge >= 0.3 is 0 Å². The van der Waals surface area contributed by atoms with Crippen molar-refractivity contribution in [1.82, 2.24) is 0 Å². The average Bonchev–Trinajstić information content (AvgIpc) is 2.52. The van der Waals surface area contributed by atoms with Crippen molar-refractivity contribution < 1.29 is 4.79 Å². The fraction of sp³-hybridized carbons (Fsp3) is 0.750. The first-order valence-electron chi connectivity index (χ1n) is 5.40. The first-order chi connectivity index (χ1) is 6.66. The zero-order chi connectivity index (χ0) is 10.4. The molecular formula is C12H19NO. The van der Waals surface area contributed by atoms with E-state index in [1.165, 1.54) is 12.8 Å². The topological polar surface area (TPSA) is 43.1 Å². The van der Waals surface area contributed by atoms with E-state index in [0.29, 0.717) is 19.3 Å². The Morgan fingerprint density at radius 3 is 2.64 bits per heavy atom. The smallest absolute Gasteiger partial charge is 0.134 e. The van der Waals surface area contributed by atoms with Crippen molar-refractivity contribution in [3.05, 3.63) is 0 Å².